The minimum Gasteiger partial charge on any atom is -0.373 e. The van der Waals surface area contributed by atoms with Crippen LogP contribution in [0.4, 0.5) is 11.4 Å². The number of rotatable bonds is 4. The van der Waals surface area contributed by atoms with Crippen LogP contribution in [0.5, 0.6) is 0 Å². The van der Waals surface area contributed by atoms with Gasteiger partial charge in [-0.25, -0.2) is 8.99 Å². The normalized spacial score (nSPS) is 12.1. The van der Waals surface area contributed by atoms with Crippen LogP contribution in [-0.2, 0) is 20.5 Å². The SMILES string of the molecule is CS(=N)(=O)c1ccc([N+](=O)[O-])cc1.CS(=O)c1ccc([N+](=O)[O-])cc1.[N-]=[N+]=[N-].[Na+]. The minimum atomic E-state index is -2.77. The first-order valence-electron chi connectivity index (χ1n) is 6.98. The molecule has 2 aromatic rings. The fraction of sp³-hybridized carbons (Fsp3) is 0.143. The van der Waals surface area contributed by atoms with Crippen LogP contribution < -0.4 is 29.6 Å². The van der Waals surface area contributed by atoms with Crippen LogP contribution >= 0.6 is 0 Å². The second kappa shape index (κ2) is 13.8. The first-order chi connectivity index (χ1) is 12.9. The molecule has 0 aliphatic heterocycles. The van der Waals surface area contributed by atoms with Gasteiger partial charge in [0.1, 0.15) is 0 Å². The number of nitrogens with zero attached hydrogens (tertiary/aromatic N) is 5. The molecule has 2 unspecified atom stereocenters. The Balaban J connectivity index is 0. The number of nitrogens with one attached hydrogen (secondary N) is 1. The van der Waals surface area contributed by atoms with E-state index in [0.29, 0.717) is 9.79 Å². The number of nitro benzene ring substituents is 2. The largest absolute Gasteiger partial charge is 1.00 e. The standard InChI is InChI=1S/C7H8N2O3S.C7H7NO3S.N3.Na/c1-13(8,12)7-4-2-6(3-5-7)9(10)11;1-12(11)7-4-2-6(3-5-7)8(9)10;1-3-2;/h2-5,8H,1H3;2-5H,1H3;;/q;;-1;+1. The Bertz CT molecular complexity index is 957. The van der Waals surface area contributed by atoms with Crippen LogP contribution in [0, 0.1) is 25.0 Å². The van der Waals surface area contributed by atoms with Crippen molar-refractivity contribution in [3.8, 4) is 0 Å². The number of nitro groups is 2. The van der Waals surface area contributed by atoms with Crippen molar-refractivity contribution in [2.24, 2.45) is 0 Å². The molecule has 1 N–H and O–H groups in total. The van der Waals surface area contributed by atoms with E-state index in [9.17, 15) is 28.6 Å². The predicted molar refractivity (Wildman–Crippen MR) is 104 cm³/mol. The maximum Gasteiger partial charge on any atom is 1.00 e. The second-order valence-corrected chi connectivity index (χ2v) is 8.43. The van der Waals surface area contributed by atoms with Gasteiger partial charge in [0.2, 0.25) is 0 Å². The maximum absolute atomic E-state index is 11.2. The third-order valence-electron chi connectivity index (χ3n) is 2.88. The summed E-state index contributed by atoms with van der Waals surface area (Å²) in [6, 6.07) is 10.8. The molecular weight excluding hydrogens is 435 g/mol. The molecule has 2 aromatic carbocycles. The molecular formula is C14H15N6NaO6S2. The molecule has 0 amide bonds. The van der Waals surface area contributed by atoms with Gasteiger partial charge >= 0.3 is 29.6 Å². The number of non-ortho nitro benzene ring substituents is 2. The molecule has 0 saturated carbocycles. The van der Waals surface area contributed by atoms with Crippen LogP contribution in [0.1, 0.15) is 0 Å². The molecule has 150 valence electrons. The van der Waals surface area contributed by atoms with E-state index in [-0.39, 0.29) is 40.9 Å². The van der Waals surface area contributed by atoms with Crippen molar-refractivity contribution in [1.82, 2.24) is 0 Å². The Morgan fingerprint density at radius 3 is 1.52 bits per heavy atom. The van der Waals surface area contributed by atoms with Gasteiger partial charge in [-0.1, -0.05) is 0 Å². The molecule has 0 bridgehead atoms. The molecule has 15 heteroatoms. The molecule has 0 saturated heterocycles. The van der Waals surface area contributed by atoms with Crippen LogP contribution in [0.25, 0.3) is 16.0 Å². The van der Waals surface area contributed by atoms with Crippen molar-refractivity contribution in [3.63, 3.8) is 0 Å². The molecule has 0 radical (unpaired) electrons. The quantitative estimate of drug-likeness (QED) is 0.178. The molecule has 0 fully saturated rings. The third kappa shape index (κ3) is 11.3. The Morgan fingerprint density at radius 2 is 1.28 bits per heavy atom. The van der Waals surface area contributed by atoms with Crippen LogP contribution in [-0.4, -0.2) is 30.8 Å². The van der Waals surface area contributed by atoms with E-state index < -0.39 is 30.4 Å². The molecule has 0 heterocycles. The maximum atomic E-state index is 11.2. The van der Waals surface area contributed by atoms with Gasteiger partial charge in [-0.2, -0.15) is 0 Å². The summed E-state index contributed by atoms with van der Waals surface area (Å²) < 4.78 is 29.2. The van der Waals surface area contributed by atoms with E-state index in [1.54, 1.807) is 0 Å². The van der Waals surface area contributed by atoms with Gasteiger partial charge in [0.05, 0.1) is 19.6 Å². The summed E-state index contributed by atoms with van der Waals surface area (Å²) in [7, 11) is -3.84. The van der Waals surface area contributed by atoms with Gasteiger partial charge in [0.15, 0.2) is 0 Å². The average Bonchev–Trinajstić information content (AvgIpc) is 2.62. The number of benzene rings is 2. The molecule has 2 rings (SSSR count). The summed E-state index contributed by atoms with van der Waals surface area (Å²) in [6.07, 6.45) is 2.80. The Kier molecular flexibility index (Phi) is 13.7. The molecule has 0 aliphatic carbocycles. The fourth-order valence-electron chi connectivity index (χ4n) is 1.59. The van der Waals surface area contributed by atoms with Gasteiger partial charge < -0.3 is 11.1 Å². The number of hydrogen-bond donors (Lipinski definition) is 1. The molecule has 12 nitrogen and oxygen atoms in total. The Hall–Kier alpha value is -2.35. The second-order valence-electron chi connectivity index (χ2n) is 4.89. The summed E-state index contributed by atoms with van der Waals surface area (Å²) in [5.74, 6) is 0. The van der Waals surface area contributed by atoms with E-state index in [2.05, 4.69) is 0 Å². The Morgan fingerprint density at radius 1 is 0.966 bits per heavy atom. The molecule has 0 spiro atoms. The van der Waals surface area contributed by atoms with Crippen molar-refractivity contribution in [2.45, 2.75) is 9.79 Å². The van der Waals surface area contributed by atoms with E-state index in [0.717, 1.165) is 0 Å². The zero-order valence-electron chi connectivity index (χ0n) is 15.6. The van der Waals surface area contributed by atoms with Crippen molar-refractivity contribution in [2.75, 3.05) is 12.5 Å². The summed E-state index contributed by atoms with van der Waals surface area (Å²) in [6.45, 7) is 0. The van der Waals surface area contributed by atoms with Gasteiger partial charge in [0, 0.05) is 57.4 Å². The van der Waals surface area contributed by atoms with Gasteiger partial charge in [-0.3, -0.25) is 29.3 Å². The fourth-order valence-corrected chi connectivity index (χ4v) is 2.76. The van der Waals surface area contributed by atoms with Crippen LogP contribution in [0.3, 0.4) is 0 Å². The molecule has 0 aliphatic rings. The van der Waals surface area contributed by atoms with Crippen molar-refractivity contribution >= 4 is 31.9 Å². The summed E-state index contributed by atoms with van der Waals surface area (Å²) in [5.41, 5.74) is 13.5. The number of hydrogen-bond acceptors (Lipinski definition) is 7. The summed E-state index contributed by atoms with van der Waals surface area (Å²) >= 11 is 0. The van der Waals surface area contributed by atoms with Gasteiger partial charge in [-0.05, 0) is 24.3 Å². The van der Waals surface area contributed by atoms with Crippen molar-refractivity contribution in [1.29, 1.82) is 4.78 Å². The van der Waals surface area contributed by atoms with E-state index in [4.69, 9.17) is 15.8 Å². The first kappa shape index (κ1) is 28.9. The van der Waals surface area contributed by atoms with Crippen LogP contribution in [0.2, 0.25) is 0 Å². The third-order valence-corrected chi connectivity index (χ3v) is 4.98. The van der Waals surface area contributed by atoms with Gasteiger partial charge in [-0.15, -0.1) is 0 Å². The molecule has 2 atom stereocenters. The van der Waals surface area contributed by atoms with E-state index in [1.807, 2.05) is 0 Å². The topological polar surface area (TPSA) is 203 Å². The predicted octanol–water partition coefficient (Wildman–Crippen LogP) is 0.833. The minimum absolute atomic E-state index is 0. The zero-order chi connectivity index (χ0) is 21.9. The smallest absolute Gasteiger partial charge is 0.373 e. The molecule has 29 heavy (non-hydrogen) atoms. The Labute approximate surface area is 190 Å². The summed E-state index contributed by atoms with van der Waals surface area (Å²) in [5, 5.41) is 20.5. The van der Waals surface area contributed by atoms with E-state index >= 15 is 0 Å². The zero-order valence-corrected chi connectivity index (χ0v) is 19.3. The molecule has 0 aromatic heterocycles. The van der Waals surface area contributed by atoms with E-state index in [1.165, 1.54) is 66.0 Å². The average molecular weight is 450 g/mol. The monoisotopic (exact) mass is 450 g/mol. The summed E-state index contributed by atoms with van der Waals surface area (Å²) in [4.78, 5) is 21.8. The van der Waals surface area contributed by atoms with Crippen molar-refractivity contribution in [3.05, 3.63) is 84.7 Å². The first-order valence-corrected chi connectivity index (χ1v) is 10.5. The van der Waals surface area contributed by atoms with Crippen LogP contribution in [0.15, 0.2) is 58.3 Å². The van der Waals surface area contributed by atoms with Gasteiger partial charge in [0.25, 0.3) is 11.4 Å². The van der Waals surface area contributed by atoms with Crippen molar-refractivity contribution < 1.29 is 47.8 Å².